The average molecular weight is 515 g/mol. The highest BCUT2D eigenvalue weighted by Crippen LogP contribution is 2.28. The van der Waals surface area contributed by atoms with Gasteiger partial charge in [0.1, 0.15) is 18.2 Å². The van der Waals surface area contributed by atoms with E-state index in [9.17, 15) is 9.18 Å². The molecule has 7 nitrogen and oxygen atoms in total. The van der Waals surface area contributed by atoms with Crippen LogP contribution >= 0.6 is 0 Å². The van der Waals surface area contributed by atoms with Crippen LogP contribution in [0.3, 0.4) is 0 Å². The van der Waals surface area contributed by atoms with Crippen LogP contribution in [-0.4, -0.2) is 60.2 Å². The smallest absolute Gasteiger partial charge is 0.260 e. The first-order chi connectivity index (χ1) is 18.5. The maximum Gasteiger partial charge on any atom is 0.260 e. The molecule has 4 rings (SSSR count). The molecule has 0 bridgehead atoms. The fourth-order valence-electron chi connectivity index (χ4n) is 4.11. The quantitative estimate of drug-likeness (QED) is 0.232. The zero-order valence-corrected chi connectivity index (χ0v) is 21.4. The van der Waals surface area contributed by atoms with Crippen molar-refractivity contribution < 1.29 is 18.7 Å². The van der Waals surface area contributed by atoms with Gasteiger partial charge in [0.2, 0.25) is 5.95 Å². The third-order valence-electron chi connectivity index (χ3n) is 6.10. The number of imidazole rings is 1. The number of nitrogens with one attached hydrogen (secondary N) is 2. The zero-order chi connectivity index (χ0) is 26.7. The van der Waals surface area contributed by atoms with Crippen LogP contribution in [0.2, 0.25) is 0 Å². The van der Waals surface area contributed by atoms with E-state index in [4.69, 9.17) is 15.9 Å². The molecule has 2 heterocycles. The van der Waals surface area contributed by atoms with Crippen LogP contribution in [0.1, 0.15) is 18.2 Å². The van der Waals surface area contributed by atoms with Crippen molar-refractivity contribution >= 4 is 11.9 Å². The number of carbonyl (C=O) groups is 1. The topological polar surface area (TPSA) is 79.5 Å². The molecule has 3 aromatic rings. The van der Waals surface area contributed by atoms with Crippen LogP contribution in [0.25, 0.3) is 11.3 Å². The molecule has 0 spiro atoms. The molecular formula is C30H31FN4O3. The standard InChI is InChI=1S/C30H31FN4O3/c1-3-4-10-26(22(2)31)29(36)34-30-32-27(21-23-8-6-5-7-9-23)28(33-30)24-11-13-25(14-12-24)38-20-17-35-15-18-37-19-16-35/h1,4-14H,15-21H2,2H3,(H2,32,33,34,36)/b10-4-,26-22-. The molecule has 1 aliphatic heterocycles. The number of anilines is 1. The third-order valence-corrected chi connectivity index (χ3v) is 6.10. The van der Waals surface area contributed by atoms with Gasteiger partial charge < -0.3 is 14.5 Å². The Morgan fingerprint density at radius 3 is 2.63 bits per heavy atom. The number of rotatable bonds is 10. The predicted molar refractivity (Wildman–Crippen MR) is 146 cm³/mol. The number of allylic oxidation sites excluding steroid dienone is 2. The fourth-order valence-corrected chi connectivity index (χ4v) is 4.11. The molecule has 0 unspecified atom stereocenters. The molecule has 8 heteroatoms. The van der Waals surface area contributed by atoms with Crippen molar-refractivity contribution in [3.8, 4) is 29.4 Å². The van der Waals surface area contributed by atoms with E-state index in [1.54, 1.807) is 0 Å². The minimum absolute atomic E-state index is 0.163. The van der Waals surface area contributed by atoms with Gasteiger partial charge >= 0.3 is 0 Å². The van der Waals surface area contributed by atoms with E-state index in [0.717, 1.165) is 55.4 Å². The summed E-state index contributed by atoms with van der Waals surface area (Å²) in [4.78, 5) is 22.9. The Morgan fingerprint density at radius 2 is 1.95 bits per heavy atom. The Hall–Kier alpha value is -4.19. The van der Waals surface area contributed by atoms with Gasteiger partial charge in [-0.15, -0.1) is 6.42 Å². The summed E-state index contributed by atoms with van der Waals surface area (Å²) >= 11 is 0. The highest BCUT2D eigenvalue weighted by Gasteiger charge is 2.17. The molecule has 0 radical (unpaired) electrons. The van der Waals surface area contributed by atoms with Crippen molar-refractivity contribution in [3.05, 3.63) is 89.4 Å². The van der Waals surface area contributed by atoms with Crippen molar-refractivity contribution in [2.45, 2.75) is 13.3 Å². The van der Waals surface area contributed by atoms with Crippen LogP contribution in [0, 0.1) is 12.3 Å². The van der Waals surface area contributed by atoms with Crippen LogP contribution in [0.4, 0.5) is 10.3 Å². The number of H-pyrrole nitrogens is 1. The van der Waals surface area contributed by atoms with Gasteiger partial charge in [0.15, 0.2) is 0 Å². The second-order valence-electron chi connectivity index (χ2n) is 8.80. The molecular weight excluding hydrogens is 483 g/mol. The second-order valence-corrected chi connectivity index (χ2v) is 8.80. The summed E-state index contributed by atoms with van der Waals surface area (Å²) in [5, 5.41) is 2.66. The Labute approximate surface area is 222 Å². The van der Waals surface area contributed by atoms with E-state index in [2.05, 4.69) is 26.1 Å². The Morgan fingerprint density at radius 1 is 1.21 bits per heavy atom. The highest BCUT2D eigenvalue weighted by molar-refractivity contribution is 6.05. The second kappa shape index (κ2) is 13.4. The Kier molecular flexibility index (Phi) is 9.46. The van der Waals surface area contributed by atoms with Crippen molar-refractivity contribution in [3.63, 3.8) is 0 Å². The summed E-state index contributed by atoms with van der Waals surface area (Å²) in [5.74, 6) is 1.96. The molecule has 196 valence electrons. The first-order valence-corrected chi connectivity index (χ1v) is 12.5. The molecule has 1 amide bonds. The highest BCUT2D eigenvalue weighted by atomic mass is 19.1. The number of amides is 1. The van der Waals surface area contributed by atoms with E-state index in [1.807, 2.05) is 54.6 Å². The number of morpholine rings is 1. The van der Waals surface area contributed by atoms with Crippen molar-refractivity contribution in [2.75, 3.05) is 44.8 Å². The molecule has 1 saturated heterocycles. The summed E-state index contributed by atoms with van der Waals surface area (Å²) < 4.78 is 25.3. The summed E-state index contributed by atoms with van der Waals surface area (Å²) in [6.07, 6.45) is 8.32. The summed E-state index contributed by atoms with van der Waals surface area (Å²) in [6.45, 7) is 6.02. The third kappa shape index (κ3) is 7.42. The van der Waals surface area contributed by atoms with Crippen molar-refractivity contribution in [2.24, 2.45) is 0 Å². The van der Waals surface area contributed by atoms with Gasteiger partial charge in [-0.3, -0.25) is 15.0 Å². The number of aromatic amines is 1. The molecule has 38 heavy (non-hydrogen) atoms. The first kappa shape index (κ1) is 26.9. The van der Waals surface area contributed by atoms with E-state index in [-0.39, 0.29) is 11.5 Å². The molecule has 1 fully saturated rings. The maximum atomic E-state index is 14.0. The molecule has 2 N–H and O–H groups in total. The number of ether oxygens (including phenoxy) is 2. The van der Waals surface area contributed by atoms with Crippen LogP contribution in [0.15, 0.2) is 78.1 Å². The predicted octanol–water partition coefficient (Wildman–Crippen LogP) is 4.75. The largest absolute Gasteiger partial charge is 0.492 e. The molecule has 0 saturated carbocycles. The summed E-state index contributed by atoms with van der Waals surface area (Å²) in [6, 6.07) is 17.6. The van der Waals surface area contributed by atoms with E-state index < -0.39 is 11.7 Å². The SMILES string of the molecule is C#C/C=C\C(C(=O)Nc1nc(-c2ccc(OCCN3CCOCC3)cc2)c(Cc2ccccc2)[nH]1)=C(/C)F. The first-order valence-electron chi connectivity index (χ1n) is 12.5. The normalized spacial score (nSPS) is 14.7. The number of terminal acetylenes is 1. The zero-order valence-electron chi connectivity index (χ0n) is 21.4. The van der Waals surface area contributed by atoms with Gasteiger partial charge in [-0.25, -0.2) is 9.37 Å². The lowest BCUT2D eigenvalue weighted by molar-refractivity contribution is -0.112. The molecule has 0 atom stereocenters. The summed E-state index contributed by atoms with van der Waals surface area (Å²) in [5.41, 5.74) is 3.28. The van der Waals surface area contributed by atoms with Gasteiger partial charge in [-0.1, -0.05) is 36.3 Å². The summed E-state index contributed by atoms with van der Waals surface area (Å²) in [7, 11) is 0. The average Bonchev–Trinajstić information content (AvgIpc) is 3.32. The lowest BCUT2D eigenvalue weighted by atomic mass is 10.0. The number of hydrogen-bond acceptors (Lipinski definition) is 5. The van der Waals surface area contributed by atoms with Crippen molar-refractivity contribution in [1.29, 1.82) is 0 Å². The molecule has 1 aliphatic rings. The number of nitrogens with zero attached hydrogens (tertiary/aromatic N) is 2. The minimum atomic E-state index is -0.646. The van der Waals surface area contributed by atoms with E-state index >= 15 is 0 Å². The van der Waals surface area contributed by atoms with Crippen molar-refractivity contribution in [1.82, 2.24) is 14.9 Å². The number of benzene rings is 2. The van der Waals surface area contributed by atoms with E-state index in [1.165, 1.54) is 19.1 Å². The number of halogens is 1. The van der Waals surface area contributed by atoms with Gasteiger partial charge in [0.05, 0.1) is 24.5 Å². The number of aromatic nitrogens is 2. The maximum absolute atomic E-state index is 14.0. The van der Waals surface area contributed by atoms with Crippen LogP contribution in [0.5, 0.6) is 5.75 Å². The molecule has 2 aromatic carbocycles. The van der Waals surface area contributed by atoms with Gasteiger partial charge in [-0.2, -0.15) is 0 Å². The number of carbonyl (C=O) groups excluding carboxylic acids is 1. The van der Waals surface area contributed by atoms with Gasteiger partial charge in [0.25, 0.3) is 5.91 Å². The Bertz CT molecular complexity index is 1310. The van der Waals surface area contributed by atoms with Crippen LogP contribution in [-0.2, 0) is 16.0 Å². The van der Waals surface area contributed by atoms with Crippen LogP contribution < -0.4 is 10.1 Å². The minimum Gasteiger partial charge on any atom is -0.492 e. The van der Waals surface area contributed by atoms with Gasteiger partial charge in [0, 0.05) is 37.3 Å². The van der Waals surface area contributed by atoms with E-state index in [0.29, 0.717) is 18.7 Å². The fraction of sp³-hybridized carbons (Fsp3) is 0.267. The molecule has 0 aliphatic carbocycles. The monoisotopic (exact) mass is 514 g/mol. The van der Waals surface area contributed by atoms with Gasteiger partial charge in [-0.05, 0) is 48.9 Å². The lowest BCUT2D eigenvalue weighted by Gasteiger charge is -2.26. The lowest BCUT2D eigenvalue weighted by Crippen LogP contribution is -2.38. The number of hydrogen-bond donors (Lipinski definition) is 2. The molecule has 1 aromatic heterocycles. The Balaban J connectivity index is 1.51.